The van der Waals surface area contributed by atoms with E-state index in [1.54, 1.807) is 17.9 Å². The second kappa shape index (κ2) is 8.43. The summed E-state index contributed by atoms with van der Waals surface area (Å²) in [5.41, 5.74) is 1.47. The summed E-state index contributed by atoms with van der Waals surface area (Å²) < 4.78 is 33.7. The fraction of sp³-hybridized carbons (Fsp3) is 0.385. The zero-order chi connectivity index (χ0) is 18.3. The third-order valence-corrected chi connectivity index (χ3v) is 3.44. The van der Waals surface area contributed by atoms with Crippen LogP contribution in [0.5, 0.6) is 0 Å². The lowest BCUT2D eigenvalue weighted by Gasteiger charge is -2.05. The number of aryl methyl sites for hydroxylation is 2. The fourth-order valence-corrected chi connectivity index (χ4v) is 2.10. The molecule has 0 saturated heterocycles. The number of hydrogen-bond donors (Lipinski definition) is 2. The van der Waals surface area contributed by atoms with Gasteiger partial charge in [-0.2, -0.15) is 13.2 Å². The average molecular weight is 364 g/mol. The topological polar surface area (TPSA) is 97.1 Å². The van der Waals surface area contributed by atoms with E-state index in [2.05, 4.69) is 15.3 Å². The van der Waals surface area contributed by atoms with Gasteiger partial charge < -0.3 is 15.0 Å². The molecule has 0 spiro atoms. The summed E-state index contributed by atoms with van der Waals surface area (Å²) in [4.78, 5) is 28.8. The molecule has 0 aliphatic carbocycles. The number of carbonyl (C=O) groups excluding carboxylic acids is 1. The van der Waals surface area contributed by atoms with Crippen LogP contribution < -0.4 is 5.32 Å². The Hall–Kier alpha value is -2.43. The highest BCUT2D eigenvalue weighted by atomic mass is 32.1. The first-order valence-electron chi connectivity index (χ1n) is 6.64. The minimum atomic E-state index is -5.08. The first kappa shape index (κ1) is 19.6. The first-order valence-corrected chi connectivity index (χ1v) is 7.52. The molecule has 24 heavy (non-hydrogen) atoms. The van der Waals surface area contributed by atoms with E-state index in [-0.39, 0.29) is 5.91 Å². The van der Waals surface area contributed by atoms with Gasteiger partial charge in [0.15, 0.2) is 0 Å². The maximum atomic E-state index is 11.8. The summed E-state index contributed by atoms with van der Waals surface area (Å²) in [6, 6.07) is 0. The van der Waals surface area contributed by atoms with Gasteiger partial charge in [0, 0.05) is 18.1 Å². The molecular weight excluding hydrogens is 349 g/mol. The Kier molecular flexibility index (Phi) is 6.89. The standard InChI is InChI=1S/C11H14N4OS.C2HF3O2/c1-3-15-7-12-4-9(15)5-13-11(16)10-6-17-8(2)14-10;3-2(4,5)1(6)7/h4,6-7H,3,5H2,1-2H3,(H,13,16);(H,6,7). The Bertz CT molecular complexity index is 697. The van der Waals surface area contributed by atoms with E-state index >= 15 is 0 Å². The van der Waals surface area contributed by atoms with E-state index in [0.29, 0.717) is 12.2 Å². The molecule has 2 aromatic heterocycles. The van der Waals surface area contributed by atoms with E-state index in [0.717, 1.165) is 17.2 Å². The number of nitrogens with one attached hydrogen (secondary N) is 1. The molecular formula is C13H15F3N4O3S. The lowest BCUT2D eigenvalue weighted by molar-refractivity contribution is -0.192. The minimum absolute atomic E-state index is 0.141. The van der Waals surface area contributed by atoms with Crippen LogP contribution in [0.1, 0.15) is 28.1 Å². The molecule has 2 aromatic rings. The number of nitrogens with zero attached hydrogens (tertiary/aromatic N) is 3. The molecule has 132 valence electrons. The van der Waals surface area contributed by atoms with E-state index in [4.69, 9.17) is 9.90 Å². The normalized spacial score (nSPS) is 10.7. The van der Waals surface area contributed by atoms with Crippen LogP contribution in [0.4, 0.5) is 13.2 Å². The number of amides is 1. The highest BCUT2D eigenvalue weighted by Gasteiger charge is 2.38. The van der Waals surface area contributed by atoms with Crippen molar-refractivity contribution in [1.82, 2.24) is 19.9 Å². The van der Waals surface area contributed by atoms with Crippen molar-refractivity contribution in [1.29, 1.82) is 0 Å². The smallest absolute Gasteiger partial charge is 0.475 e. The van der Waals surface area contributed by atoms with Crippen LogP contribution in [0.15, 0.2) is 17.9 Å². The number of rotatable bonds is 4. The van der Waals surface area contributed by atoms with Crippen LogP contribution in [-0.4, -0.2) is 37.7 Å². The predicted octanol–water partition coefficient (Wildman–Crippen LogP) is 2.23. The van der Waals surface area contributed by atoms with E-state index in [1.165, 1.54) is 11.3 Å². The number of carboxylic acid groups (broad SMARTS) is 1. The van der Waals surface area contributed by atoms with Gasteiger partial charge in [0.05, 0.1) is 23.6 Å². The van der Waals surface area contributed by atoms with Gasteiger partial charge in [0.25, 0.3) is 5.91 Å². The SMILES string of the molecule is CCn1cncc1CNC(=O)c1csc(C)n1.O=C(O)C(F)(F)F. The molecule has 2 heterocycles. The number of aromatic nitrogens is 3. The molecule has 0 unspecified atom stereocenters. The average Bonchev–Trinajstić information content (AvgIpc) is 3.12. The van der Waals surface area contributed by atoms with E-state index < -0.39 is 12.1 Å². The highest BCUT2D eigenvalue weighted by Crippen LogP contribution is 2.13. The molecule has 1 amide bonds. The number of imidazole rings is 1. The van der Waals surface area contributed by atoms with Crippen LogP contribution in [0.3, 0.4) is 0 Å². The molecule has 0 fully saturated rings. The number of hydrogen-bond acceptors (Lipinski definition) is 5. The molecule has 2 N–H and O–H groups in total. The molecule has 0 aromatic carbocycles. The minimum Gasteiger partial charge on any atom is -0.475 e. The lowest BCUT2D eigenvalue weighted by atomic mass is 10.4. The van der Waals surface area contributed by atoms with Crippen LogP contribution >= 0.6 is 11.3 Å². The monoisotopic (exact) mass is 364 g/mol. The Balaban J connectivity index is 0.000000351. The second-order valence-corrected chi connectivity index (χ2v) is 5.47. The zero-order valence-electron chi connectivity index (χ0n) is 12.8. The summed E-state index contributed by atoms with van der Waals surface area (Å²) in [5.74, 6) is -2.90. The van der Waals surface area contributed by atoms with Crippen LogP contribution in [-0.2, 0) is 17.9 Å². The number of thiazole rings is 1. The molecule has 7 nitrogen and oxygen atoms in total. The van der Waals surface area contributed by atoms with Crippen LogP contribution in [0.2, 0.25) is 0 Å². The van der Waals surface area contributed by atoms with Gasteiger partial charge >= 0.3 is 12.1 Å². The van der Waals surface area contributed by atoms with Gasteiger partial charge in [-0.05, 0) is 13.8 Å². The molecule has 0 atom stereocenters. The largest absolute Gasteiger partial charge is 0.490 e. The molecule has 0 aliphatic rings. The highest BCUT2D eigenvalue weighted by molar-refractivity contribution is 7.09. The molecule has 2 rings (SSSR count). The quantitative estimate of drug-likeness (QED) is 0.867. The molecule has 0 aliphatic heterocycles. The Morgan fingerprint density at radius 1 is 1.42 bits per heavy atom. The number of aliphatic carboxylic acids is 1. The molecule has 0 bridgehead atoms. The Labute approximate surface area is 139 Å². The number of carbonyl (C=O) groups is 2. The maximum absolute atomic E-state index is 11.8. The summed E-state index contributed by atoms with van der Waals surface area (Å²) in [6.07, 6.45) is -1.56. The van der Waals surface area contributed by atoms with Crippen molar-refractivity contribution < 1.29 is 27.9 Å². The van der Waals surface area contributed by atoms with Gasteiger partial charge in [-0.15, -0.1) is 11.3 Å². The summed E-state index contributed by atoms with van der Waals surface area (Å²) in [7, 11) is 0. The molecule has 11 heteroatoms. The van der Waals surface area contributed by atoms with Crippen molar-refractivity contribution in [2.75, 3.05) is 0 Å². The lowest BCUT2D eigenvalue weighted by Crippen LogP contribution is -2.24. The summed E-state index contributed by atoms with van der Waals surface area (Å²) in [6.45, 7) is 5.24. The summed E-state index contributed by atoms with van der Waals surface area (Å²) >= 11 is 1.47. The van der Waals surface area contributed by atoms with Crippen molar-refractivity contribution in [3.05, 3.63) is 34.3 Å². The first-order chi connectivity index (χ1) is 11.1. The second-order valence-electron chi connectivity index (χ2n) is 4.41. The Morgan fingerprint density at radius 3 is 2.50 bits per heavy atom. The van der Waals surface area contributed by atoms with Gasteiger partial charge in [-0.1, -0.05) is 0 Å². The van der Waals surface area contributed by atoms with Gasteiger partial charge in [-0.3, -0.25) is 4.79 Å². The maximum Gasteiger partial charge on any atom is 0.490 e. The summed E-state index contributed by atoms with van der Waals surface area (Å²) in [5, 5.41) is 12.6. The van der Waals surface area contributed by atoms with Crippen molar-refractivity contribution >= 4 is 23.2 Å². The number of alkyl halides is 3. The van der Waals surface area contributed by atoms with Crippen molar-refractivity contribution in [3.8, 4) is 0 Å². The predicted molar refractivity (Wildman–Crippen MR) is 79.6 cm³/mol. The van der Waals surface area contributed by atoms with Crippen LogP contribution in [0, 0.1) is 6.92 Å². The third-order valence-electron chi connectivity index (χ3n) is 2.66. The Morgan fingerprint density at radius 2 is 2.04 bits per heavy atom. The van der Waals surface area contributed by atoms with Crippen molar-refractivity contribution in [2.24, 2.45) is 0 Å². The fourth-order valence-electron chi connectivity index (χ4n) is 1.51. The number of carboxylic acids is 1. The third kappa shape index (κ3) is 5.99. The van der Waals surface area contributed by atoms with E-state index in [1.807, 2.05) is 18.4 Å². The van der Waals surface area contributed by atoms with Gasteiger partial charge in [0.2, 0.25) is 0 Å². The van der Waals surface area contributed by atoms with E-state index in [9.17, 15) is 18.0 Å². The number of halogens is 3. The van der Waals surface area contributed by atoms with Crippen molar-refractivity contribution in [3.63, 3.8) is 0 Å². The molecule has 0 radical (unpaired) electrons. The zero-order valence-corrected chi connectivity index (χ0v) is 13.6. The van der Waals surface area contributed by atoms with Crippen LogP contribution in [0.25, 0.3) is 0 Å². The van der Waals surface area contributed by atoms with Crippen molar-refractivity contribution in [2.45, 2.75) is 33.1 Å². The van der Waals surface area contributed by atoms with Gasteiger partial charge in [0.1, 0.15) is 5.69 Å². The van der Waals surface area contributed by atoms with Gasteiger partial charge in [-0.25, -0.2) is 14.8 Å². The molecule has 0 saturated carbocycles.